The summed E-state index contributed by atoms with van der Waals surface area (Å²) in [5.41, 5.74) is 4.92. The van der Waals surface area contributed by atoms with Crippen molar-refractivity contribution in [1.82, 2.24) is 15.3 Å². The van der Waals surface area contributed by atoms with Gasteiger partial charge < -0.3 is 10.3 Å². The van der Waals surface area contributed by atoms with Crippen LogP contribution in [-0.4, -0.2) is 22.6 Å². The Balaban J connectivity index is 1.86. The molecular weight excluding hydrogens is 222 g/mol. The van der Waals surface area contributed by atoms with Crippen molar-refractivity contribution in [3.63, 3.8) is 0 Å². The van der Waals surface area contributed by atoms with Crippen molar-refractivity contribution in [2.75, 3.05) is 6.54 Å². The number of H-pyrrole nitrogens is 1. The second kappa shape index (κ2) is 4.73. The van der Waals surface area contributed by atoms with E-state index in [1.165, 1.54) is 35.9 Å². The summed E-state index contributed by atoms with van der Waals surface area (Å²) in [5, 5.41) is 3.58. The third-order valence-corrected chi connectivity index (χ3v) is 4.08. The fraction of sp³-hybridized carbons (Fsp3) is 0.533. The summed E-state index contributed by atoms with van der Waals surface area (Å²) in [5.74, 6) is 1.12. The topological polar surface area (TPSA) is 40.7 Å². The Morgan fingerprint density at radius 2 is 2.17 bits per heavy atom. The highest BCUT2D eigenvalue weighted by molar-refractivity contribution is 5.79. The summed E-state index contributed by atoms with van der Waals surface area (Å²) in [4.78, 5) is 8.23. The first-order chi connectivity index (χ1) is 8.74. The molecule has 2 heterocycles. The van der Waals surface area contributed by atoms with Crippen molar-refractivity contribution in [1.29, 1.82) is 0 Å². The smallest absolute Gasteiger partial charge is 0.108 e. The van der Waals surface area contributed by atoms with Crippen molar-refractivity contribution in [2.24, 2.45) is 0 Å². The van der Waals surface area contributed by atoms with Crippen molar-refractivity contribution in [3.8, 4) is 0 Å². The molecule has 1 unspecified atom stereocenters. The predicted molar refractivity (Wildman–Crippen MR) is 74.9 cm³/mol. The Bertz CT molecular complexity index is 550. The molecule has 2 aromatic rings. The number of aromatic nitrogens is 2. The van der Waals surface area contributed by atoms with Crippen LogP contribution in [-0.2, 0) is 6.42 Å². The maximum absolute atomic E-state index is 4.77. The van der Waals surface area contributed by atoms with Gasteiger partial charge in [0.2, 0.25) is 0 Å². The molecule has 2 N–H and O–H groups in total. The van der Waals surface area contributed by atoms with Gasteiger partial charge in [0, 0.05) is 12.5 Å². The lowest BCUT2D eigenvalue weighted by Gasteiger charge is -2.22. The summed E-state index contributed by atoms with van der Waals surface area (Å²) in [6.07, 6.45) is 4.95. The van der Waals surface area contributed by atoms with Crippen molar-refractivity contribution in [3.05, 3.63) is 29.1 Å². The van der Waals surface area contributed by atoms with Gasteiger partial charge in [-0.1, -0.05) is 12.5 Å². The molecule has 0 spiro atoms. The Hall–Kier alpha value is -1.35. The molecule has 1 atom stereocenters. The van der Waals surface area contributed by atoms with Crippen LogP contribution < -0.4 is 5.32 Å². The van der Waals surface area contributed by atoms with Gasteiger partial charge in [-0.2, -0.15) is 0 Å². The average molecular weight is 243 g/mol. The van der Waals surface area contributed by atoms with Crippen molar-refractivity contribution < 1.29 is 0 Å². The molecule has 3 rings (SSSR count). The van der Waals surface area contributed by atoms with Gasteiger partial charge in [-0.05, 0) is 50.4 Å². The second-order valence-corrected chi connectivity index (χ2v) is 5.44. The number of aryl methyl sites for hydroxylation is 2. The van der Waals surface area contributed by atoms with Crippen LogP contribution in [0.3, 0.4) is 0 Å². The molecule has 1 aromatic heterocycles. The van der Waals surface area contributed by atoms with Gasteiger partial charge in [0.15, 0.2) is 0 Å². The Kier molecular flexibility index (Phi) is 3.08. The lowest BCUT2D eigenvalue weighted by atomic mass is 10.0. The van der Waals surface area contributed by atoms with Gasteiger partial charge in [-0.15, -0.1) is 0 Å². The number of hydrogen-bond acceptors (Lipinski definition) is 2. The van der Waals surface area contributed by atoms with E-state index in [0.29, 0.717) is 6.04 Å². The van der Waals surface area contributed by atoms with Crippen molar-refractivity contribution >= 4 is 11.0 Å². The molecule has 0 bridgehead atoms. The monoisotopic (exact) mass is 243 g/mol. The van der Waals surface area contributed by atoms with Crippen molar-refractivity contribution in [2.45, 2.75) is 45.6 Å². The van der Waals surface area contributed by atoms with E-state index in [0.717, 1.165) is 24.3 Å². The number of hydrogen-bond donors (Lipinski definition) is 2. The van der Waals surface area contributed by atoms with Crippen LogP contribution in [0.1, 0.15) is 36.2 Å². The van der Waals surface area contributed by atoms with Crippen LogP contribution in [0.2, 0.25) is 0 Å². The molecule has 96 valence electrons. The lowest BCUT2D eigenvalue weighted by Crippen LogP contribution is -2.35. The number of benzene rings is 1. The molecule has 1 aliphatic rings. The zero-order chi connectivity index (χ0) is 12.5. The first-order valence-electron chi connectivity index (χ1n) is 6.92. The molecule has 0 radical (unpaired) electrons. The molecule has 1 aliphatic heterocycles. The molecule has 3 nitrogen and oxygen atoms in total. The number of imidazole rings is 1. The molecule has 1 fully saturated rings. The quantitative estimate of drug-likeness (QED) is 0.851. The van der Waals surface area contributed by atoms with E-state index in [-0.39, 0.29) is 0 Å². The zero-order valence-electron chi connectivity index (χ0n) is 11.2. The Labute approximate surface area is 108 Å². The van der Waals surface area contributed by atoms with Crippen LogP contribution >= 0.6 is 0 Å². The summed E-state index contributed by atoms with van der Waals surface area (Å²) in [6.45, 7) is 5.45. The van der Waals surface area contributed by atoms with Crippen LogP contribution in [0.4, 0.5) is 0 Å². The van der Waals surface area contributed by atoms with E-state index >= 15 is 0 Å². The molecule has 3 heteroatoms. The highest BCUT2D eigenvalue weighted by Crippen LogP contribution is 2.20. The van der Waals surface area contributed by atoms with Crippen LogP contribution in [0.15, 0.2) is 12.1 Å². The number of nitrogens with one attached hydrogen (secondary N) is 2. The maximum atomic E-state index is 4.77. The highest BCUT2D eigenvalue weighted by atomic mass is 15.0. The van der Waals surface area contributed by atoms with Gasteiger partial charge in [0.05, 0.1) is 11.0 Å². The van der Waals surface area contributed by atoms with E-state index < -0.39 is 0 Å². The molecule has 18 heavy (non-hydrogen) atoms. The number of nitrogens with zero attached hydrogens (tertiary/aromatic N) is 1. The largest absolute Gasteiger partial charge is 0.342 e. The first kappa shape index (κ1) is 11.7. The van der Waals surface area contributed by atoms with Gasteiger partial charge in [0.25, 0.3) is 0 Å². The predicted octanol–water partition coefficient (Wildman–Crippen LogP) is 2.86. The lowest BCUT2D eigenvalue weighted by molar-refractivity contribution is 0.395. The summed E-state index contributed by atoms with van der Waals surface area (Å²) >= 11 is 0. The Morgan fingerprint density at radius 3 is 2.94 bits per heavy atom. The van der Waals surface area contributed by atoms with E-state index in [1.807, 2.05) is 0 Å². The fourth-order valence-corrected chi connectivity index (χ4v) is 2.79. The van der Waals surface area contributed by atoms with Gasteiger partial charge >= 0.3 is 0 Å². The molecule has 0 saturated carbocycles. The van der Waals surface area contributed by atoms with Crippen LogP contribution in [0, 0.1) is 13.8 Å². The summed E-state index contributed by atoms with van der Waals surface area (Å²) in [6, 6.07) is 4.90. The Morgan fingerprint density at radius 1 is 1.28 bits per heavy atom. The van der Waals surface area contributed by atoms with E-state index in [2.05, 4.69) is 36.3 Å². The molecular formula is C15H21N3. The van der Waals surface area contributed by atoms with Crippen LogP contribution in [0.25, 0.3) is 11.0 Å². The molecule has 0 aliphatic carbocycles. The zero-order valence-corrected chi connectivity index (χ0v) is 11.2. The minimum absolute atomic E-state index is 0.598. The normalized spacial score (nSPS) is 20.4. The third-order valence-electron chi connectivity index (χ3n) is 4.08. The minimum Gasteiger partial charge on any atom is -0.342 e. The average Bonchev–Trinajstić information content (AvgIpc) is 2.79. The first-order valence-corrected chi connectivity index (χ1v) is 6.92. The maximum Gasteiger partial charge on any atom is 0.108 e. The molecule has 1 aromatic carbocycles. The standard InChI is InChI=1S/C15H21N3/c1-10-6-7-13-15(11(10)2)18-14(17-13)9-12-5-3-4-8-16-12/h6-7,12,16H,3-5,8-9H2,1-2H3,(H,17,18). The second-order valence-electron chi connectivity index (χ2n) is 5.44. The summed E-state index contributed by atoms with van der Waals surface area (Å²) < 4.78 is 0. The van der Waals surface area contributed by atoms with Gasteiger partial charge in [-0.3, -0.25) is 0 Å². The number of fused-ring (bicyclic) bond motifs is 1. The van der Waals surface area contributed by atoms with E-state index in [1.54, 1.807) is 0 Å². The molecule has 0 amide bonds. The van der Waals surface area contributed by atoms with E-state index in [9.17, 15) is 0 Å². The minimum atomic E-state index is 0.598. The number of piperidine rings is 1. The van der Waals surface area contributed by atoms with E-state index in [4.69, 9.17) is 4.98 Å². The third kappa shape index (κ3) is 2.15. The SMILES string of the molecule is Cc1ccc2[nH]c(CC3CCCCN3)nc2c1C. The fourth-order valence-electron chi connectivity index (χ4n) is 2.79. The number of aromatic amines is 1. The van der Waals surface area contributed by atoms with Crippen LogP contribution in [0.5, 0.6) is 0 Å². The summed E-state index contributed by atoms with van der Waals surface area (Å²) in [7, 11) is 0. The number of rotatable bonds is 2. The molecule has 1 saturated heterocycles. The highest BCUT2D eigenvalue weighted by Gasteiger charge is 2.15. The van der Waals surface area contributed by atoms with Gasteiger partial charge in [0.1, 0.15) is 5.82 Å². The van der Waals surface area contributed by atoms with Gasteiger partial charge in [-0.25, -0.2) is 4.98 Å².